The van der Waals surface area contributed by atoms with Crippen molar-refractivity contribution in [3.05, 3.63) is 0 Å². The highest BCUT2D eigenvalue weighted by Gasteiger charge is 2.28. The smallest absolute Gasteiger partial charge is 0.236 e. The van der Waals surface area contributed by atoms with Crippen molar-refractivity contribution in [3.8, 4) is 0 Å². The van der Waals surface area contributed by atoms with Gasteiger partial charge < -0.3 is 15.1 Å². The maximum Gasteiger partial charge on any atom is 0.236 e. The lowest BCUT2D eigenvalue weighted by Crippen LogP contribution is -2.53. The normalized spacial score (nSPS) is 24.5. The Balaban J connectivity index is 1.76. The molecule has 0 aromatic carbocycles. The summed E-state index contributed by atoms with van der Waals surface area (Å²) in [6.07, 6.45) is 2.10. The van der Waals surface area contributed by atoms with Crippen LogP contribution in [0.5, 0.6) is 0 Å². The highest BCUT2D eigenvalue weighted by molar-refractivity contribution is 5.79. The van der Waals surface area contributed by atoms with E-state index < -0.39 is 0 Å². The number of nitrogens with zero attached hydrogens (tertiary/aromatic N) is 3. The highest BCUT2D eigenvalue weighted by atomic mass is 16.2. The van der Waals surface area contributed by atoms with Crippen molar-refractivity contribution < 1.29 is 9.59 Å². The van der Waals surface area contributed by atoms with Crippen LogP contribution in [0.2, 0.25) is 0 Å². The van der Waals surface area contributed by atoms with Gasteiger partial charge in [-0.2, -0.15) is 0 Å². The second-order valence-corrected chi connectivity index (χ2v) is 5.93. The van der Waals surface area contributed by atoms with Gasteiger partial charge in [-0.05, 0) is 19.4 Å². The van der Waals surface area contributed by atoms with E-state index in [4.69, 9.17) is 0 Å². The summed E-state index contributed by atoms with van der Waals surface area (Å²) in [5, 5.41) is 3.29. The van der Waals surface area contributed by atoms with E-state index in [0.29, 0.717) is 6.54 Å². The van der Waals surface area contributed by atoms with Gasteiger partial charge in [0.05, 0.1) is 12.5 Å². The molecule has 0 bridgehead atoms. The Morgan fingerprint density at radius 3 is 2.45 bits per heavy atom. The number of carbonyl (C=O) groups is 2. The monoisotopic (exact) mass is 282 g/mol. The fraction of sp³-hybridized carbons (Fsp3) is 0.857. The van der Waals surface area contributed by atoms with Crippen molar-refractivity contribution in [3.63, 3.8) is 0 Å². The molecule has 114 valence electrons. The summed E-state index contributed by atoms with van der Waals surface area (Å²) >= 11 is 0. The van der Waals surface area contributed by atoms with E-state index in [1.54, 1.807) is 19.0 Å². The van der Waals surface area contributed by atoms with Gasteiger partial charge in [0.2, 0.25) is 11.8 Å². The maximum absolute atomic E-state index is 12.4. The number of piperidine rings is 1. The van der Waals surface area contributed by atoms with Gasteiger partial charge in [-0.25, -0.2) is 0 Å². The lowest BCUT2D eigenvalue weighted by molar-refractivity contribution is -0.138. The first-order chi connectivity index (χ1) is 9.58. The summed E-state index contributed by atoms with van der Waals surface area (Å²) in [6.45, 7) is 5.39. The molecule has 0 spiro atoms. The third kappa shape index (κ3) is 3.93. The molecule has 2 aliphatic rings. The molecule has 0 aromatic heterocycles. The van der Waals surface area contributed by atoms with E-state index >= 15 is 0 Å². The van der Waals surface area contributed by atoms with Crippen molar-refractivity contribution in [1.82, 2.24) is 20.0 Å². The molecule has 2 rings (SSSR count). The summed E-state index contributed by atoms with van der Waals surface area (Å²) in [6, 6.07) is 0. The molecule has 0 aromatic rings. The largest absolute Gasteiger partial charge is 0.348 e. The van der Waals surface area contributed by atoms with Gasteiger partial charge in [0.1, 0.15) is 0 Å². The standard InChI is InChI=1S/C14H26N4O2/c1-16(2)13(19)11-17-6-8-18(9-7-17)14(20)12-4-3-5-15-10-12/h12,15H,3-11H2,1-2H3/t12-/m1/s1. The average Bonchev–Trinajstić information content (AvgIpc) is 2.48. The number of nitrogens with one attached hydrogen (secondary N) is 1. The molecular formula is C14H26N4O2. The molecule has 1 atom stereocenters. The number of rotatable bonds is 3. The highest BCUT2D eigenvalue weighted by Crippen LogP contribution is 2.15. The van der Waals surface area contributed by atoms with Crippen molar-refractivity contribution in [2.75, 3.05) is 59.9 Å². The lowest BCUT2D eigenvalue weighted by Gasteiger charge is -2.37. The van der Waals surface area contributed by atoms with Gasteiger partial charge in [-0.15, -0.1) is 0 Å². The van der Waals surface area contributed by atoms with E-state index in [0.717, 1.165) is 52.1 Å². The molecule has 0 aliphatic carbocycles. The number of piperazine rings is 1. The number of likely N-dealkylation sites (N-methyl/N-ethyl adjacent to an activating group) is 1. The molecule has 2 amide bonds. The van der Waals surface area contributed by atoms with Crippen molar-refractivity contribution >= 4 is 11.8 Å². The SMILES string of the molecule is CN(C)C(=O)CN1CCN(C(=O)[C@@H]2CCCNC2)CC1. The molecule has 20 heavy (non-hydrogen) atoms. The fourth-order valence-electron chi connectivity index (χ4n) is 2.78. The van der Waals surface area contributed by atoms with Crippen LogP contribution in [-0.4, -0.2) is 86.4 Å². The topological polar surface area (TPSA) is 55.9 Å². The molecule has 2 heterocycles. The molecule has 6 heteroatoms. The third-order valence-corrected chi connectivity index (χ3v) is 4.19. The number of carbonyl (C=O) groups excluding carboxylic acids is 2. The predicted molar refractivity (Wildman–Crippen MR) is 77.3 cm³/mol. The Kier molecular flexibility index (Phi) is 5.37. The Morgan fingerprint density at radius 2 is 1.90 bits per heavy atom. The van der Waals surface area contributed by atoms with Gasteiger partial charge in [0.15, 0.2) is 0 Å². The molecule has 0 saturated carbocycles. The predicted octanol–water partition coefficient (Wildman–Crippen LogP) is -0.782. The minimum atomic E-state index is 0.126. The first kappa shape index (κ1) is 15.3. The molecule has 0 unspecified atom stereocenters. The summed E-state index contributed by atoms with van der Waals surface area (Å²) in [5.74, 6) is 0.566. The van der Waals surface area contributed by atoms with Crippen LogP contribution < -0.4 is 5.32 Å². The van der Waals surface area contributed by atoms with Crippen LogP contribution in [0.4, 0.5) is 0 Å². The Morgan fingerprint density at radius 1 is 1.20 bits per heavy atom. The molecule has 0 radical (unpaired) electrons. The molecule has 6 nitrogen and oxygen atoms in total. The summed E-state index contributed by atoms with van der Waals surface area (Å²) in [4.78, 5) is 29.8. The van der Waals surface area contributed by atoms with Gasteiger partial charge in [0.25, 0.3) is 0 Å². The molecule has 2 saturated heterocycles. The van der Waals surface area contributed by atoms with Crippen LogP contribution in [0.3, 0.4) is 0 Å². The van der Waals surface area contributed by atoms with Crippen LogP contribution in [0, 0.1) is 5.92 Å². The number of hydrogen-bond donors (Lipinski definition) is 1. The summed E-state index contributed by atoms with van der Waals surface area (Å²) in [7, 11) is 3.55. The number of amides is 2. The molecule has 1 N–H and O–H groups in total. The van der Waals surface area contributed by atoms with Crippen LogP contribution in [-0.2, 0) is 9.59 Å². The zero-order chi connectivity index (χ0) is 14.5. The summed E-state index contributed by atoms with van der Waals surface area (Å²) < 4.78 is 0. The minimum Gasteiger partial charge on any atom is -0.348 e. The first-order valence-electron chi connectivity index (χ1n) is 7.50. The van der Waals surface area contributed by atoms with E-state index in [9.17, 15) is 9.59 Å². The van der Waals surface area contributed by atoms with Crippen LogP contribution in [0.1, 0.15) is 12.8 Å². The fourth-order valence-corrected chi connectivity index (χ4v) is 2.78. The average molecular weight is 282 g/mol. The van der Waals surface area contributed by atoms with Crippen molar-refractivity contribution in [2.45, 2.75) is 12.8 Å². The van der Waals surface area contributed by atoms with Gasteiger partial charge in [0, 0.05) is 46.8 Å². The van der Waals surface area contributed by atoms with Crippen LogP contribution in [0.15, 0.2) is 0 Å². The Hall–Kier alpha value is -1.14. The van der Waals surface area contributed by atoms with Gasteiger partial charge in [-0.3, -0.25) is 14.5 Å². The van der Waals surface area contributed by atoms with Crippen LogP contribution >= 0.6 is 0 Å². The number of hydrogen-bond acceptors (Lipinski definition) is 4. The Labute approximate surface area is 121 Å². The van der Waals surface area contributed by atoms with Gasteiger partial charge in [-0.1, -0.05) is 0 Å². The third-order valence-electron chi connectivity index (χ3n) is 4.19. The molecular weight excluding hydrogens is 256 g/mol. The summed E-state index contributed by atoms with van der Waals surface area (Å²) in [5.41, 5.74) is 0. The lowest BCUT2D eigenvalue weighted by atomic mass is 9.98. The van der Waals surface area contributed by atoms with E-state index in [-0.39, 0.29) is 17.7 Å². The Bertz CT molecular complexity index is 345. The quantitative estimate of drug-likeness (QED) is 0.738. The van der Waals surface area contributed by atoms with Gasteiger partial charge >= 0.3 is 0 Å². The van der Waals surface area contributed by atoms with Crippen molar-refractivity contribution in [1.29, 1.82) is 0 Å². The first-order valence-corrected chi connectivity index (χ1v) is 7.50. The zero-order valence-corrected chi connectivity index (χ0v) is 12.6. The second kappa shape index (κ2) is 7.04. The van der Waals surface area contributed by atoms with E-state index in [1.807, 2.05) is 4.90 Å². The maximum atomic E-state index is 12.4. The zero-order valence-electron chi connectivity index (χ0n) is 12.6. The van der Waals surface area contributed by atoms with Crippen LogP contribution in [0.25, 0.3) is 0 Å². The molecule has 2 fully saturated rings. The minimum absolute atomic E-state index is 0.126. The van der Waals surface area contributed by atoms with Crippen molar-refractivity contribution in [2.24, 2.45) is 5.92 Å². The van der Waals surface area contributed by atoms with E-state index in [2.05, 4.69) is 10.2 Å². The second-order valence-electron chi connectivity index (χ2n) is 5.93. The van der Waals surface area contributed by atoms with E-state index in [1.165, 1.54) is 0 Å². The molecule has 2 aliphatic heterocycles.